The van der Waals surface area contributed by atoms with Crippen LogP contribution in [0.1, 0.15) is 12.6 Å². The van der Waals surface area contributed by atoms with Crippen molar-refractivity contribution in [1.29, 1.82) is 0 Å². The highest BCUT2D eigenvalue weighted by atomic mass is 32.1. The Labute approximate surface area is 122 Å². The first-order valence-electron chi connectivity index (χ1n) is 6.51. The van der Waals surface area contributed by atoms with Gasteiger partial charge in [-0.3, -0.25) is 9.78 Å². The molecule has 0 aliphatic rings. The van der Waals surface area contributed by atoms with Crippen LogP contribution in [-0.4, -0.2) is 29.0 Å². The molecule has 1 amide bonds. The first-order valence-corrected chi connectivity index (χ1v) is 7.39. The van der Waals surface area contributed by atoms with E-state index in [-0.39, 0.29) is 5.91 Å². The number of nitrogens with one attached hydrogen (secondary N) is 1. The van der Waals surface area contributed by atoms with Crippen LogP contribution in [0.2, 0.25) is 0 Å². The van der Waals surface area contributed by atoms with E-state index in [4.69, 9.17) is 5.73 Å². The molecule has 0 fully saturated rings. The Hall–Kier alpha value is -1.79. The van der Waals surface area contributed by atoms with Gasteiger partial charge in [-0.25, -0.2) is 4.98 Å². The molecule has 0 spiro atoms. The third-order valence-electron chi connectivity index (χ3n) is 2.83. The number of pyridine rings is 1. The molecule has 0 saturated carbocycles. The molecule has 106 valence electrons. The smallest absolute Gasteiger partial charge is 0.226 e. The minimum absolute atomic E-state index is 0.0248. The van der Waals surface area contributed by atoms with Gasteiger partial charge >= 0.3 is 0 Å². The number of thiazole rings is 1. The zero-order chi connectivity index (χ0) is 14.4. The van der Waals surface area contributed by atoms with Crippen molar-refractivity contribution < 1.29 is 4.79 Å². The first kappa shape index (κ1) is 14.6. The van der Waals surface area contributed by atoms with E-state index < -0.39 is 0 Å². The lowest BCUT2D eigenvalue weighted by atomic mass is 10.2. The zero-order valence-electron chi connectivity index (χ0n) is 11.4. The standard InChI is InChI=1S/C14H18N4OS/c1-10(7-15)8-17-13(19)6-11-9-20-14(18-11)12-4-2-3-5-16-12/h2-5,9-10H,6-8,15H2,1H3,(H,17,19). The average Bonchev–Trinajstić information content (AvgIpc) is 2.94. The lowest BCUT2D eigenvalue weighted by molar-refractivity contribution is -0.120. The van der Waals surface area contributed by atoms with Crippen molar-refractivity contribution in [3.05, 3.63) is 35.5 Å². The molecule has 0 aliphatic heterocycles. The van der Waals surface area contributed by atoms with Gasteiger partial charge in [-0.1, -0.05) is 13.0 Å². The number of aromatic nitrogens is 2. The second kappa shape index (κ2) is 7.12. The summed E-state index contributed by atoms with van der Waals surface area (Å²) in [5.74, 6) is 0.265. The van der Waals surface area contributed by atoms with Crippen molar-refractivity contribution in [2.24, 2.45) is 11.7 Å². The van der Waals surface area contributed by atoms with Crippen molar-refractivity contribution in [2.75, 3.05) is 13.1 Å². The maximum absolute atomic E-state index is 11.8. The molecule has 0 aromatic carbocycles. The van der Waals surface area contributed by atoms with Crippen molar-refractivity contribution in [2.45, 2.75) is 13.3 Å². The predicted octanol–water partition coefficient (Wildman–Crippen LogP) is 1.46. The quantitative estimate of drug-likeness (QED) is 0.844. The number of carbonyl (C=O) groups excluding carboxylic acids is 1. The number of nitrogens with zero attached hydrogens (tertiary/aromatic N) is 2. The summed E-state index contributed by atoms with van der Waals surface area (Å²) in [4.78, 5) is 20.5. The van der Waals surface area contributed by atoms with Gasteiger partial charge < -0.3 is 11.1 Å². The van der Waals surface area contributed by atoms with E-state index in [1.165, 1.54) is 11.3 Å². The summed E-state index contributed by atoms with van der Waals surface area (Å²) in [6.45, 7) is 3.18. The third kappa shape index (κ3) is 4.11. The van der Waals surface area contributed by atoms with Crippen molar-refractivity contribution in [3.63, 3.8) is 0 Å². The highest BCUT2D eigenvalue weighted by Crippen LogP contribution is 2.21. The van der Waals surface area contributed by atoms with Gasteiger partial charge in [0.2, 0.25) is 5.91 Å². The van der Waals surface area contributed by atoms with Crippen LogP contribution in [0.25, 0.3) is 10.7 Å². The van der Waals surface area contributed by atoms with Crippen LogP contribution in [0.3, 0.4) is 0 Å². The van der Waals surface area contributed by atoms with Crippen molar-refractivity contribution in [1.82, 2.24) is 15.3 Å². The Balaban J connectivity index is 1.91. The summed E-state index contributed by atoms with van der Waals surface area (Å²) in [7, 11) is 0. The highest BCUT2D eigenvalue weighted by Gasteiger charge is 2.10. The highest BCUT2D eigenvalue weighted by molar-refractivity contribution is 7.13. The fraction of sp³-hybridized carbons (Fsp3) is 0.357. The zero-order valence-corrected chi connectivity index (χ0v) is 12.2. The molecule has 0 bridgehead atoms. The fourth-order valence-electron chi connectivity index (χ4n) is 1.59. The Morgan fingerprint density at radius 1 is 1.50 bits per heavy atom. The van der Waals surface area contributed by atoms with Crippen LogP contribution < -0.4 is 11.1 Å². The van der Waals surface area contributed by atoms with E-state index in [1.807, 2.05) is 30.5 Å². The summed E-state index contributed by atoms with van der Waals surface area (Å²) in [5.41, 5.74) is 7.12. The van der Waals surface area contributed by atoms with E-state index in [2.05, 4.69) is 15.3 Å². The molecule has 20 heavy (non-hydrogen) atoms. The Bertz CT molecular complexity index is 555. The van der Waals surface area contributed by atoms with Crippen LogP contribution in [0.4, 0.5) is 0 Å². The summed E-state index contributed by atoms with van der Waals surface area (Å²) >= 11 is 1.50. The molecule has 5 nitrogen and oxygen atoms in total. The second-order valence-corrected chi connectivity index (χ2v) is 5.54. The van der Waals surface area contributed by atoms with E-state index in [1.54, 1.807) is 6.20 Å². The Morgan fingerprint density at radius 3 is 3.05 bits per heavy atom. The molecule has 0 aliphatic carbocycles. The van der Waals surface area contributed by atoms with Crippen LogP contribution in [-0.2, 0) is 11.2 Å². The first-order chi connectivity index (χ1) is 9.69. The maximum atomic E-state index is 11.8. The minimum Gasteiger partial charge on any atom is -0.355 e. The number of hydrogen-bond donors (Lipinski definition) is 2. The third-order valence-corrected chi connectivity index (χ3v) is 3.74. The minimum atomic E-state index is -0.0248. The molecular weight excluding hydrogens is 272 g/mol. The molecule has 2 aromatic heterocycles. The van der Waals surface area contributed by atoms with E-state index in [0.29, 0.717) is 25.4 Å². The largest absolute Gasteiger partial charge is 0.355 e. The van der Waals surface area contributed by atoms with Gasteiger partial charge in [0.15, 0.2) is 0 Å². The summed E-state index contributed by atoms with van der Waals surface area (Å²) in [6.07, 6.45) is 2.03. The second-order valence-electron chi connectivity index (χ2n) is 4.68. The van der Waals surface area contributed by atoms with E-state index in [9.17, 15) is 4.79 Å². The SMILES string of the molecule is CC(CN)CNC(=O)Cc1csc(-c2ccccn2)n1. The monoisotopic (exact) mass is 290 g/mol. The van der Waals surface area contributed by atoms with Crippen LogP contribution >= 0.6 is 11.3 Å². The lowest BCUT2D eigenvalue weighted by Gasteiger charge is -2.09. The van der Waals surface area contributed by atoms with Gasteiger partial charge in [-0.15, -0.1) is 11.3 Å². The van der Waals surface area contributed by atoms with Crippen molar-refractivity contribution >= 4 is 17.2 Å². The Kier molecular flexibility index (Phi) is 5.20. The Morgan fingerprint density at radius 2 is 2.35 bits per heavy atom. The van der Waals surface area contributed by atoms with Crippen LogP contribution in [0.15, 0.2) is 29.8 Å². The molecule has 2 rings (SSSR count). The van der Waals surface area contributed by atoms with Crippen LogP contribution in [0.5, 0.6) is 0 Å². The molecule has 3 N–H and O–H groups in total. The fourth-order valence-corrected chi connectivity index (χ4v) is 2.39. The molecule has 2 aromatic rings. The lowest BCUT2D eigenvalue weighted by Crippen LogP contribution is -2.32. The van der Waals surface area contributed by atoms with Gasteiger partial charge in [0, 0.05) is 18.1 Å². The maximum Gasteiger partial charge on any atom is 0.226 e. The van der Waals surface area contributed by atoms with Gasteiger partial charge in [-0.05, 0) is 24.6 Å². The molecule has 2 heterocycles. The molecular formula is C14H18N4OS. The number of nitrogens with two attached hydrogens (primary N) is 1. The topological polar surface area (TPSA) is 80.9 Å². The molecule has 0 saturated heterocycles. The number of amides is 1. The predicted molar refractivity (Wildman–Crippen MR) is 80.3 cm³/mol. The molecule has 6 heteroatoms. The summed E-state index contributed by atoms with van der Waals surface area (Å²) in [5, 5.41) is 5.60. The normalized spacial score (nSPS) is 12.1. The van der Waals surface area contributed by atoms with Crippen LogP contribution in [0, 0.1) is 5.92 Å². The number of carbonyl (C=O) groups is 1. The van der Waals surface area contributed by atoms with E-state index >= 15 is 0 Å². The van der Waals surface area contributed by atoms with Gasteiger partial charge in [-0.2, -0.15) is 0 Å². The average molecular weight is 290 g/mol. The van der Waals surface area contributed by atoms with Gasteiger partial charge in [0.1, 0.15) is 5.01 Å². The number of rotatable bonds is 6. The molecule has 1 atom stereocenters. The summed E-state index contributed by atoms with van der Waals surface area (Å²) < 4.78 is 0. The van der Waals surface area contributed by atoms with Gasteiger partial charge in [0.25, 0.3) is 0 Å². The van der Waals surface area contributed by atoms with Crippen molar-refractivity contribution in [3.8, 4) is 10.7 Å². The summed E-state index contributed by atoms with van der Waals surface area (Å²) in [6, 6.07) is 5.69. The molecule has 0 radical (unpaired) electrons. The van der Waals surface area contributed by atoms with Gasteiger partial charge in [0.05, 0.1) is 17.8 Å². The number of hydrogen-bond acceptors (Lipinski definition) is 5. The molecule has 1 unspecified atom stereocenters. The van der Waals surface area contributed by atoms with E-state index in [0.717, 1.165) is 16.4 Å².